The normalized spacial score (nSPS) is 11.6. The highest BCUT2D eigenvalue weighted by Gasteiger charge is 2.16. The molecule has 0 bridgehead atoms. The van der Waals surface area contributed by atoms with Gasteiger partial charge in [-0.25, -0.2) is 4.79 Å². The minimum Gasteiger partial charge on any atom is -0.444 e. The van der Waals surface area contributed by atoms with Gasteiger partial charge in [-0.1, -0.05) is 18.2 Å². The Kier molecular flexibility index (Phi) is 6.38. The third-order valence-corrected chi connectivity index (χ3v) is 2.35. The van der Waals surface area contributed by atoms with E-state index < -0.39 is 11.7 Å². The van der Waals surface area contributed by atoms with Gasteiger partial charge in [-0.3, -0.25) is 10.1 Å². The van der Waals surface area contributed by atoms with Crippen molar-refractivity contribution in [2.75, 3.05) is 10.6 Å². The van der Waals surface area contributed by atoms with Crippen LogP contribution in [0.4, 0.5) is 16.2 Å². The molecule has 118 valence electrons. The minimum absolute atomic E-state index is 0.217. The van der Waals surface area contributed by atoms with Crippen LogP contribution in [0.1, 0.15) is 27.7 Å². The van der Waals surface area contributed by atoms with Crippen molar-refractivity contribution in [1.82, 2.24) is 0 Å². The average molecular weight is 302 g/mol. The molecule has 1 rings (SSSR count). The van der Waals surface area contributed by atoms with E-state index >= 15 is 0 Å². The number of hydrogen-bond donors (Lipinski definition) is 2. The van der Waals surface area contributed by atoms with Crippen LogP contribution in [-0.2, 0) is 9.53 Å². The first-order valence-electron chi connectivity index (χ1n) is 7.00. The third-order valence-electron chi connectivity index (χ3n) is 2.35. The van der Waals surface area contributed by atoms with E-state index in [1.165, 1.54) is 6.08 Å². The minimum atomic E-state index is -0.544. The number of amides is 2. The van der Waals surface area contributed by atoms with Crippen LogP contribution in [0.2, 0.25) is 0 Å². The second-order valence-corrected chi connectivity index (χ2v) is 5.58. The molecular formula is C17H22N2O3. The number of rotatable bonds is 4. The molecule has 0 fully saturated rings. The van der Waals surface area contributed by atoms with Gasteiger partial charge in [0.15, 0.2) is 0 Å². The van der Waals surface area contributed by atoms with E-state index in [0.717, 1.165) is 0 Å². The topological polar surface area (TPSA) is 67.4 Å². The fraction of sp³-hybridized carbons (Fsp3) is 0.294. The van der Waals surface area contributed by atoms with Crippen LogP contribution < -0.4 is 10.6 Å². The van der Waals surface area contributed by atoms with Crippen LogP contribution in [0.3, 0.4) is 0 Å². The van der Waals surface area contributed by atoms with E-state index in [9.17, 15) is 9.59 Å². The Labute approximate surface area is 131 Å². The highest BCUT2D eigenvalue weighted by molar-refractivity contribution is 5.99. The molecule has 5 heteroatoms. The van der Waals surface area contributed by atoms with E-state index in [1.54, 1.807) is 57.2 Å². The Hall–Kier alpha value is -2.56. The molecule has 0 saturated carbocycles. The Morgan fingerprint density at radius 2 is 1.55 bits per heavy atom. The molecule has 2 N–H and O–H groups in total. The van der Waals surface area contributed by atoms with Gasteiger partial charge in [0.1, 0.15) is 5.60 Å². The van der Waals surface area contributed by atoms with Gasteiger partial charge in [-0.2, -0.15) is 0 Å². The average Bonchev–Trinajstić information content (AvgIpc) is 2.39. The van der Waals surface area contributed by atoms with Crippen LogP contribution in [0, 0.1) is 0 Å². The lowest BCUT2D eigenvalue weighted by atomic mass is 10.2. The highest BCUT2D eigenvalue weighted by Crippen LogP contribution is 2.15. The van der Waals surface area contributed by atoms with E-state index in [0.29, 0.717) is 11.4 Å². The van der Waals surface area contributed by atoms with Crippen LogP contribution in [-0.4, -0.2) is 17.6 Å². The molecule has 0 aliphatic heterocycles. The molecule has 0 unspecified atom stereocenters. The first-order valence-corrected chi connectivity index (χ1v) is 7.00. The number of carbonyl (C=O) groups is 2. The van der Waals surface area contributed by atoms with Crippen molar-refractivity contribution < 1.29 is 14.3 Å². The number of nitrogens with one attached hydrogen (secondary N) is 2. The molecular weight excluding hydrogens is 280 g/mol. The van der Waals surface area contributed by atoms with Crippen LogP contribution in [0.25, 0.3) is 0 Å². The molecule has 0 saturated heterocycles. The quantitative estimate of drug-likeness (QED) is 0.650. The Balaban J connectivity index is 2.56. The smallest absolute Gasteiger partial charge is 0.412 e. The van der Waals surface area contributed by atoms with E-state index in [-0.39, 0.29) is 5.91 Å². The van der Waals surface area contributed by atoms with Crippen LogP contribution >= 0.6 is 0 Å². The molecule has 0 aromatic heterocycles. The molecule has 0 aliphatic carbocycles. The van der Waals surface area contributed by atoms with Gasteiger partial charge in [0.25, 0.3) is 0 Å². The maximum atomic E-state index is 11.6. The summed E-state index contributed by atoms with van der Waals surface area (Å²) >= 11 is 0. The lowest BCUT2D eigenvalue weighted by Gasteiger charge is -2.19. The number of carbonyl (C=O) groups excluding carboxylic acids is 2. The van der Waals surface area contributed by atoms with Gasteiger partial charge in [-0.15, -0.1) is 0 Å². The zero-order chi connectivity index (χ0) is 16.6. The van der Waals surface area contributed by atoms with Gasteiger partial charge < -0.3 is 10.1 Å². The lowest BCUT2D eigenvalue weighted by molar-refractivity contribution is -0.111. The van der Waals surface area contributed by atoms with Crippen LogP contribution in [0.15, 0.2) is 48.6 Å². The van der Waals surface area contributed by atoms with Gasteiger partial charge in [-0.05, 0) is 52.0 Å². The maximum absolute atomic E-state index is 11.6. The monoisotopic (exact) mass is 302 g/mol. The third kappa shape index (κ3) is 7.28. The van der Waals surface area contributed by atoms with Gasteiger partial charge in [0.05, 0.1) is 0 Å². The second kappa shape index (κ2) is 8.02. The molecule has 0 heterocycles. The Bertz CT molecular complexity index is 567. The number of allylic oxidation sites excluding steroid dienone is 3. The summed E-state index contributed by atoms with van der Waals surface area (Å²) in [5.74, 6) is -0.217. The molecule has 0 atom stereocenters. The first kappa shape index (κ1) is 17.5. The lowest BCUT2D eigenvalue weighted by Crippen LogP contribution is -2.27. The number of hydrogen-bond acceptors (Lipinski definition) is 3. The molecule has 5 nitrogen and oxygen atoms in total. The fourth-order valence-corrected chi connectivity index (χ4v) is 1.50. The first-order chi connectivity index (χ1) is 10.3. The zero-order valence-corrected chi connectivity index (χ0v) is 13.3. The highest BCUT2D eigenvalue weighted by atomic mass is 16.6. The molecule has 2 amide bonds. The molecule has 0 aliphatic rings. The molecule has 1 aromatic rings. The van der Waals surface area contributed by atoms with Gasteiger partial charge >= 0.3 is 6.09 Å². The largest absolute Gasteiger partial charge is 0.444 e. The summed E-state index contributed by atoms with van der Waals surface area (Å²) in [7, 11) is 0. The van der Waals surface area contributed by atoms with E-state index in [2.05, 4.69) is 10.6 Å². The summed E-state index contributed by atoms with van der Waals surface area (Å²) in [6.07, 6.45) is 6.19. The van der Waals surface area contributed by atoms with Gasteiger partial charge in [0, 0.05) is 17.5 Å². The number of benzene rings is 1. The van der Waals surface area contributed by atoms with Crippen LogP contribution in [0.5, 0.6) is 0 Å². The SMILES string of the molecule is C/C=C/C=C/C(=O)Nc1ccc(NC(=O)OC(C)(C)C)cc1. The van der Waals surface area contributed by atoms with Crippen molar-refractivity contribution in [3.63, 3.8) is 0 Å². The van der Waals surface area contributed by atoms with Gasteiger partial charge in [0.2, 0.25) is 5.91 Å². The second-order valence-electron chi connectivity index (χ2n) is 5.58. The Morgan fingerprint density at radius 1 is 1.00 bits per heavy atom. The van der Waals surface area contributed by atoms with Crippen molar-refractivity contribution in [1.29, 1.82) is 0 Å². The van der Waals surface area contributed by atoms with Crippen molar-refractivity contribution in [2.45, 2.75) is 33.3 Å². The number of ether oxygens (including phenoxy) is 1. The summed E-state index contributed by atoms with van der Waals surface area (Å²) in [6.45, 7) is 7.27. The van der Waals surface area contributed by atoms with Crippen molar-refractivity contribution >= 4 is 23.4 Å². The van der Waals surface area contributed by atoms with Crippen molar-refractivity contribution in [3.05, 3.63) is 48.6 Å². The fourth-order valence-electron chi connectivity index (χ4n) is 1.50. The van der Waals surface area contributed by atoms with E-state index in [4.69, 9.17) is 4.74 Å². The molecule has 0 spiro atoms. The molecule has 0 radical (unpaired) electrons. The summed E-state index contributed by atoms with van der Waals surface area (Å²) in [4.78, 5) is 23.2. The standard InChI is InChI=1S/C17H22N2O3/c1-5-6-7-8-15(20)18-13-9-11-14(12-10-13)19-16(21)22-17(2,3)4/h5-12H,1-4H3,(H,18,20)(H,19,21)/b6-5+,8-7+. The summed E-state index contributed by atoms with van der Waals surface area (Å²) in [5, 5.41) is 5.34. The summed E-state index contributed by atoms with van der Waals surface area (Å²) in [6, 6.07) is 6.78. The number of anilines is 2. The molecule has 1 aromatic carbocycles. The predicted octanol–water partition coefficient (Wildman–Crippen LogP) is 4.10. The van der Waals surface area contributed by atoms with Crippen molar-refractivity contribution in [3.8, 4) is 0 Å². The summed E-state index contributed by atoms with van der Waals surface area (Å²) < 4.78 is 5.16. The molecule has 22 heavy (non-hydrogen) atoms. The van der Waals surface area contributed by atoms with E-state index in [1.807, 2.05) is 13.0 Å². The zero-order valence-electron chi connectivity index (χ0n) is 13.3. The Morgan fingerprint density at radius 3 is 2.05 bits per heavy atom. The predicted molar refractivity (Wildman–Crippen MR) is 88.9 cm³/mol. The maximum Gasteiger partial charge on any atom is 0.412 e. The summed E-state index contributed by atoms with van der Waals surface area (Å²) in [5.41, 5.74) is 0.693. The van der Waals surface area contributed by atoms with Crippen molar-refractivity contribution in [2.24, 2.45) is 0 Å².